The summed E-state index contributed by atoms with van der Waals surface area (Å²) in [5.74, 6) is -0.568. The predicted octanol–water partition coefficient (Wildman–Crippen LogP) is 3.59. The fourth-order valence-corrected chi connectivity index (χ4v) is 4.37. The second-order valence-corrected chi connectivity index (χ2v) is 7.10. The third-order valence-electron chi connectivity index (χ3n) is 5.51. The number of amides is 1. The number of likely N-dealkylation sites (tertiary alicyclic amines) is 1. The molecule has 4 nitrogen and oxygen atoms in total. The van der Waals surface area contributed by atoms with Crippen LogP contribution in [0.1, 0.15) is 78.1 Å². The number of carbonyl (C=O) groups excluding carboxylic acids is 1. The van der Waals surface area contributed by atoms with Gasteiger partial charge < -0.3 is 10.0 Å². The van der Waals surface area contributed by atoms with E-state index < -0.39 is 5.97 Å². The number of hydrogen-bond acceptors (Lipinski definition) is 2. The van der Waals surface area contributed by atoms with E-state index in [4.69, 9.17) is 0 Å². The normalized spacial score (nSPS) is 28.6. The lowest BCUT2D eigenvalue weighted by molar-refractivity contribution is -0.143. The van der Waals surface area contributed by atoms with Gasteiger partial charge in [-0.05, 0) is 44.4 Å². The zero-order valence-corrected chi connectivity index (χ0v) is 13.4. The van der Waals surface area contributed by atoms with Crippen molar-refractivity contribution in [2.45, 2.75) is 90.1 Å². The van der Waals surface area contributed by atoms with Crippen molar-refractivity contribution in [1.29, 1.82) is 0 Å². The van der Waals surface area contributed by atoms with Gasteiger partial charge in [0.1, 0.15) is 0 Å². The summed E-state index contributed by atoms with van der Waals surface area (Å²) in [7, 11) is 0. The number of nitrogens with zero attached hydrogens (tertiary/aromatic N) is 1. The summed E-state index contributed by atoms with van der Waals surface area (Å²) >= 11 is 0. The third kappa shape index (κ3) is 3.78. The maximum absolute atomic E-state index is 12.8. The lowest BCUT2D eigenvalue weighted by Gasteiger charge is -2.38. The summed E-state index contributed by atoms with van der Waals surface area (Å²) < 4.78 is 0. The lowest BCUT2D eigenvalue weighted by Crippen LogP contribution is -2.43. The van der Waals surface area contributed by atoms with Crippen LogP contribution in [-0.4, -0.2) is 34.0 Å². The summed E-state index contributed by atoms with van der Waals surface area (Å²) in [4.78, 5) is 26.1. The first kappa shape index (κ1) is 16.3. The standard InChI is InChI=1S/C17H29NO3/c1-3-14-8-7-13(2)18(14)15(19)11-17(12-16(20)21)9-5-4-6-10-17/h13-14H,3-12H2,1-2H3,(H,20,21). The molecule has 0 aromatic rings. The predicted molar refractivity (Wildman–Crippen MR) is 82.0 cm³/mol. The van der Waals surface area contributed by atoms with Crippen LogP contribution in [0.3, 0.4) is 0 Å². The van der Waals surface area contributed by atoms with Gasteiger partial charge in [-0.3, -0.25) is 9.59 Å². The number of carboxylic acids is 1. The van der Waals surface area contributed by atoms with Gasteiger partial charge in [0.05, 0.1) is 6.42 Å². The van der Waals surface area contributed by atoms with Crippen molar-refractivity contribution >= 4 is 11.9 Å². The van der Waals surface area contributed by atoms with Gasteiger partial charge in [0.15, 0.2) is 0 Å². The first-order valence-electron chi connectivity index (χ1n) is 8.50. The molecule has 4 heteroatoms. The van der Waals surface area contributed by atoms with Gasteiger partial charge in [0.25, 0.3) is 0 Å². The van der Waals surface area contributed by atoms with E-state index in [1.165, 1.54) is 6.42 Å². The van der Waals surface area contributed by atoms with Crippen molar-refractivity contribution in [2.75, 3.05) is 0 Å². The van der Waals surface area contributed by atoms with Gasteiger partial charge in [-0.15, -0.1) is 0 Å². The maximum atomic E-state index is 12.8. The molecular formula is C17H29NO3. The van der Waals surface area contributed by atoms with Crippen LogP contribution in [0.15, 0.2) is 0 Å². The van der Waals surface area contributed by atoms with Gasteiger partial charge in [-0.25, -0.2) is 0 Å². The topological polar surface area (TPSA) is 57.6 Å². The largest absolute Gasteiger partial charge is 0.481 e. The van der Waals surface area contributed by atoms with Crippen LogP contribution >= 0.6 is 0 Å². The molecule has 1 saturated carbocycles. The molecule has 0 radical (unpaired) electrons. The second kappa shape index (κ2) is 6.80. The molecule has 1 saturated heterocycles. The number of hydrogen-bond donors (Lipinski definition) is 1. The highest BCUT2D eigenvalue weighted by atomic mass is 16.4. The summed E-state index contributed by atoms with van der Waals surface area (Å²) in [5.41, 5.74) is -0.290. The Hall–Kier alpha value is -1.06. The van der Waals surface area contributed by atoms with E-state index in [2.05, 4.69) is 18.7 Å². The zero-order chi connectivity index (χ0) is 15.5. The van der Waals surface area contributed by atoms with E-state index >= 15 is 0 Å². The molecule has 1 N–H and O–H groups in total. The summed E-state index contributed by atoms with van der Waals surface area (Å²) in [5, 5.41) is 9.23. The Morgan fingerprint density at radius 3 is 2.38 bits per heavy atom. The molecule has 120 valence electrons. The summed E-state index contributed by atoms with van der Waals surface area (Å²) in [6, 6.07) is 0.672. The van der Waals surface area contributed by atoms with Crippen LogP contribution in [-0.2, 0) is 9.59 Å². The van der Waals surface area contributed by atoms with Crippen molar-refractivity contribution in [1.82, 2.24) is 4.90 Å². The van der Waals surface area contributed by atoms with E-state index in [0.717, 1.165) is 44.9 Å². The van der Waals surface area contributed by atoms with Gasteiger partial charge in [-0.1, -0.05) is 26.2 Å². The van der Waals surface area contributed by atoms with Crippen LogP contribution in [0, 0.1) is 5.41 Å². The fraction of sp³-hybridized carbons (Fsp3) is 0.882. The molecule has 0 aromatic heterocycles. The molecule has 1 heterocycles. The molecule has 2 atom stereocenters. The Morgan fingerprint density at radius 1 is 1.14 bits per heavy atom. The molecule has 1 aliphatic carbocycles. The summed E-state index contributed by atoms with van der Waals surface area (Å²) in [6.45, 7) is 4.26. The first-order chi connectivity index (χ1) is 9.97. The minimum atomic E-state index is -0.758. The average molecular weight is 295 g/mol. The van der Waals surface area contributed by atoms with Gasteiger partial charge in [0.2, 0.25) is 5.91 Å². The highest BCUT2D eigenvalue weighted by Gasteiger charge is 2.40. The van der Waals surface area contributed by atoms with Crippen molar-refractivity contribution in [3.8, 4) is 0 Å². The Kier molecular flexibility index (Phi) is 5.28. The van der Waals surface area contributed by atoms with Gasteiger partial charge >= 0.3 is 5.97 Å². The van der Waals surface area contributed by atoms with E-state index in [1.807, 2.05) is 0 Å². The maximum Gasteiger partial charge on any atom is 0.303 e. The quantitative estimate of drug-likeness (QED) is 0.843. The molecule has 1 amide bonds. The molecule has 2 rings (SSSR count). The minimum Gasteiger partial charge on any atom is -0.481 e. The van der Waals surface area contributed by atoms with E-state index in [9.17, 15) is 14.7 Å². The van der Waals surface area contributed by atoms with Crippen molar-refractivity contribution < 1.29 is 14.7 Å². The van der Waals surface area contributed by atoms with Gasteiger partial charge in [0, 0.05) is 18.5 Å². The summed E-state index contributed by atoms with van der Waals surface area (Å²) in [6.07, 6.45) is 8.84. The lowest BCUT2D eigenvalue weighted by atomic mass is 9.69. The first-order valence-corrected chi connectivity index (χ1v) is 8.50. The second-order valence-electron chi connectivity index (χ2n) is 7.10. The van der Waals surface area contributed by atoms with Crippen LogP contribution < -0.4 is 0 Å². The minimum absolute atomic E-state index is 0.151. The Morgan fingerprint density at radius 2 is 1.81 bits per heavy atom. The molecule has 2 fully saturated rings. The molecule has 0 spiro atoms. The highest BCUT2D eigenvalue weighted by molar-refractivity contribution is 5.79. The molecule has 1 aliphatic heterocycles. The molecule has 21 heavy (non-hydrogen) atoms. The van der Waals surface area contributed by atoms with E-state index in [1.54, 1.807) is 0 Å². The van der Waals surface area contributed by atoms with Crippen molar-refractivity contribution in [3.05, 3.63) is 0 Å². The molecular weight excluding hydrogens is 266 g/mol. The Bertz CT molecular complexity index is 387. The van der Waals surface area contributed by atoms with Crippen LogP contribution in [0.25, 0.3) is 0 Å². The van der Waals surface area contributed by atoms with E-state index in [0.29, 0.717) is 18.5 Å². The number of carboxylic acid groups (broad SMARTS) is 1. The van der Waals surface area contributed by atoms with Crippen LogP contribution in [0.2, 0.25) is 0 Å². The van der Waals surface area contributed by atoms with Crippen LogP contribution in [0.5, 0.6) is 0 Å². The molecule has 0 bridgehead atoms. The highest BCUT2D eigenvalue weighted by Crippen LogP contribution is 2.43. The smallest absolute Gasteiger partial charge is 0.303 e. The monoisotopic (exact) mass is 295 g/mol. The number of aliphatic carboxylic acids is 1. The fourth-order valence-electron chi connectivity index (χ4n) is 4.37. The van der Waals surface area contributed by atoms with E-state index in [-0.39, 0.29) is 17.7 Å². The number of carbonyl (C=O) groups is 2. The SMILES string of the molecule is CCC1CCC(C)N1C(=O)CC1(CC(=O)O)CCCCC1. The third-order valence-corrected chi connectivity index (χ3v) is 5.51. The average Bonchev–Trinajstić information content (AvgIpc) is 2.79. The van der Waals surface area contributed by atoms with Crippen LogP contribution in [0.4, 0.5) is 0 Å². The molecule has 2 unspecified atom stereocenters. The molecule has 0 aromatic carbocycles. The Labute approximate surface area is 127 Å². The Balaban J connectivity index is 2.08. The van der Waals surface area contributed by atoms with Crippen molar-refractivity contribution in [2.24, 2.45) is 5.41 Å². The van der Waals surface area contributed by atoms with Crippen molar-refractivity contribution in [3.63, 3.8) is 0 Å². The molecule has 2 aliphatic rings. The van der Waals surface area contributed by atoms with Gasteiger partial charge in [-0.2, -0.15) is 0 Å². The number of rotatable bonds is 5. The zero-order valence-electron chi connectivity index (χ0n) is 13.4.